The van der Waals surface area contributed by atoms with Gasteiger partial charge >= 0.3 is 6.18 Å². The quantitative estimate of drug-likeness (QED) is 0.914. The van der Waals surface area contributed by atoms with Crippen LogP contribution in [0.2, 0.25) is 0 Å². The maximum absolute atomic E-state index is 12.7. The number of benzene rings is 1. The standard InChI is InChI=1S/C15H21F3N2/c1-20(11-14-7-2-3-8-19-14)10-12-5-4-6-13(9-12)15(16,17)18/h4-6,9,14,19H,2-3,7-8,10-11H2,1H3. The third kappa shape index (κ3) is 4.49. The third-order valence-corrected chi connectivity index (χ3v) is 3.65. The zero-order valence-corrected chi connectivity index (χ0v) is 11.7. The van der Waals surface area contributed by atoms with Gasteiger partial charge < -0.3 is 10.2 Å². The molecule has 0 radical (unpaired) electrons. The Kier molecular flexibility index (Phi) is 5.05. The predicted molar refractivity (Wildman–Crippen MR) is 73.4 cm³/mol. The zero-order chi connectivity index (χ0) is 14.6. The number of halogens is 3. The Morgan fingerprint density at radius 3 is 2.75 bits per heavy atom. The number of hydrogen-bond donors (Lipinski definition) is 1. The lowest BCUT2D eigenvalue weighted by Crippen LogP contribution is -2.42. The summed E-state index contributed by atoms with van der Waals surface area (Å²) in [6, 6.07) is 6.04. The molecule has 0 saturated carbocycles. The van der Waals surface area contributed by atoms with E-state index >= 15 is 0 Å². The van der Waals surface area contributed by atoms with Crippen LogP contribution in [0.25, 0.3) is 0 Å². The summed E-state index contributed by atoms with van der Waals surface area (Å²) in [7, 11) is 1.95. The molecule has 1 heterocycles. The Balaban J connectivity index is 1.92. The van der Waals surface area contributed by atoms with Gasteiger partial charge in [0.1, 0.15) is 0 Å². The summed E-state index contributed by atoms with van der Waals surface area (Å²) >= 11 is 0. The fraction of sp³-hybridized carbons (Fsp3) is 0.600. The molecule has 1 aromatic carbocycles. The summed E-state index contributed by atoms with van der Waals surface area (Å²) in [4.78, 5) is 2.08. The van der Waals surface area contributed by atoms with E-state index in [9.17, 15) is 13.2 Å². The summed E-state index contributed by atoms with van der Waals surface area (Å²) in [5, 5.41) is 3.45. The molecule has 1 N–H and O–H groups in total. The Morgan fingerprint density at radius 2 is 2.10 bits per heavy atom. The van der Waals surface area contributed by atoms with E-state index in [1.165, 1.54) is 25.0 Å². The van der Waals surface area contributed by atoms with Gasteiger partial charge in [-0.25, -0.2) is 0 Å². The van der Waals surface area contributed by atoms with E-state index in [0.29, 0.717) is 18.2 Å². The van der Waals surface area contributed by atoms with Gasteiger partial charge in [-0.1, -0.05) is 24.6 Å². The summed E-state index contributed by atoms with van der Waals surface area (Å²) in [6.45, 7) is 2.46. The van der Waals surface area contributed by atoms with Gasteiger partial charge in [-0.2, -0.15) is 13.2 Å². The van der Waals surface area contributed by atoms with E-state index in [-0.39, 0.29) is 0 Å². The number of nitrogens with one attached hydrogen (secondary N) is 1. The van der Waals surface area contributed by atoms with Crippen LogP contribution >= 0.6 is 0 Å². The van der Waals surface area contributed by atoms with Gasteiger partial charge in [0.15, 0.2) is 0 Å². The minimum Gasteiger partial charge on any atom is -0.313 e. The van der Waals surface area contributed by atoms with Crippen LogP contribution in [0.3, 0.4) is 0 Å². The molecule has 0 bridgehead atoms. The van der Waals surface area contributed by atoms with Crippen molar-refractivity contribution in [3.8, 4) is 0 Å². The molecular weight excluding hydrogens is 265 g/mol. The summed E-state index contributed by atoms with van der Waals surface area (Å²) in [5.74, 6) is 0. The first kappa shape index (κ1) is 15.3. The van der Waals surface area contributed by atoms with Crippen LogP contribution in [0.1, 0.15) is 30.4 Å². The Labute approximate surface area is 118 Å². The van der Waals surface area contributed by atoms with Crippen LogP contribution < -0.4 is 5.32 Å². The highest BCUT2D eigenvalue weighted by Crippen LogP contribution is 2.29. The van der Waals surface area contributed by atoms with Gasteiger partial charge in [-0.15, -0.1) is 0 Å². The van der Waals surface area contributed by atoms with Gasteiger partial charge in [-0.3, -0.25) is 0 Å². The predicted octanol–water partition coefficient (Wildman–Crippen LogP) is 3.28. The van der Waals surface area contributed by atoms with Crippen molar-refractivity contribution in [2.45, 2.75) is 38.0 Å². The molecule has 2 nitrogen and oxygen atoms in total. The molecule has 2 rings (SSSR count). The monoisotopic (exact) mass is 286 g/mol. The Morgan fingerprint density at radius 1 is 1.30 bits per heavy atom. The van der Waals surface area contributed by atoms with E-state index in [1.54, 1.807) is 6.07 Å². The number of piperidine rings is 1. The third-order valence-electron chi connectivity index (χ3n) is 3.65. The number of rotatable bonds is 4. The van der Waals surface area contributed by atoms with Crippen molar-refractivity contribution in [3.05, 3.63) is 35.4 Å². The fourth-order valence-corrected chi connectivity index (χ4v) is 2.68. The molecule has 0 aliphatic carbocycles. The Hall–Kier alpha value is -1.07. The number of alkyl halides is 3. The molecule has 0 spiro atoms. The zero-order valence-electron chi connectivity index (χ0n) is 11.7. The number of hydrogen-bond acceptors (Lipinski definition) is 2. The van der Waals surface area contributed by atoms with Crippen LogP contribution in [0.15, 0.2) is 24.3 Å². The summed E-state index contributed by atoms with van der Waals surface area (Å²) in [6.07, 6.45) is -0.671. The van der Waals surface area contributed by atoms with E-state index in [4.69, 9.17) is 0 Å². The molecule has 0 aromatic heterocycles. The number of likely N-dealkylation sites (N-methyl/N-ethyl adjacent to an activating group) is 1. The lowest BCUT2D eigenvalue weighted by molar-refractivity contribution is -0.137. The van der Waals surface area contributed by atoms with Gasteiger partial charge in [0, 0.05) is 19.1 Å². The molecule has 5 heteroatoms. The minimum atomic E-state index is -4.26. The topological polar surface area (TPSA) is 15.3 Å². The van der Waals surface area contributed by atoms with Crippen LogP contribution in [0, 0.1) is 0 Å². The highest BCUT2D eigenvalue weighted by atomic mass is 19.4. The molecule has 1 aliphatic heterocycles. The normalized spacial score (nSPS) is 20.4. The highest BCUT2D eigenvalue weighted by Gasteiger charge is 2.30. The maximum atomic E-state index is 12.7. The van der Waals surface area contributed by atoms with E-state index in [2.05, 4.69) is 10.2 Å². The Bertz CT molecular complexity index is 425. The first-order valence-electron chi connectivity index (χ1n) is 7.03. The molecule has 0 amide bonds. The molecular formula is C15H21F3N2. The van der Waals surface area contributed by atoms with Gasteiger partial charge in [0.05, 0.1) is 5.56 Å². The smallest absolute Gasteiger partial charge is 0.313 e. The van der Waals surface area contributed by atoms with Crippen LogP contribution in [-0.4, -0.2) is 31.1 Å². The van der Waals surface area contributed by atoms with Crippen molar-refractivity contribution < 1.29 is 13.2 Å². The van der Waals surface area contributed by atoms with E-state index in [0.717, 1.165) is 25.6 Å². The average molecular weight is 286 g/mol. The van der Waals surface area contributed by atoms with Crippen LogP contribution in [-0.2, 0) is 12.7 Å². The van der Waals surface area contributed by atoms with Crippen molar-refractivity contribution in [1.29, 1.82) is 0 Å². The van der Waals surface area contributed by atoms with Crippen molar-refractivity contribution in [3.63, 3.8) is 0 Å². The first-order chi connectivity index (χ1) is 9.45. The van der Waals surface area contributed by atoms with E-state index in [1.807, 2.05) is 7.05 Å². The van der Waals surface area contributed by atoms with Crippen LogP contribution in [0.5, 0.6) is 0 Å². The second kappa shape index (κ2) is 6.59. The van der Waals surface area contributed by atoms with E-state index < -0.39 is 11.7 Å². The van der Waals surface area contributed by atoms with Crippen molar-refractivity contribution in [2.75, 3.05) is 20.1 Å². The molecule has 1 unspecified atom stereocenters. The second-order valence-electron chi connectivity index (χ2n) is 5.54. The fourth-order valence-electron chi connectivity index (χ4n) is 2.68. The highest BCUT2D eigenvalue weighted by molar-refractivity contribution is 5.25. The first-order valence-corrected chi connectivity index (χ1v) is 7.03. The lowest BCUT2D eigenvalue weighted by Gasteiger charge is -2.28. The SMILES string of the molecule is CN(Cc1cccc(C(F)(F)F)c1)CC1CCCCN1. The summed E-state index contributed by atoms with van der Waals surface area (Å²) < 4.78 is 38.0. The van der Waals surface area contributed by atoms with Gasteiger partial charge in [0.2, 0.25) is 0 Å². The largest absolute Gasteiger partial charge is 0.416 e. The average Bonchev–Trinajstić information content (AvgIpc) is 2.39. The maximum Gasteiger partial charge on any atom is 0.416 e. The molecule has 1 aromatic rings. The number of nitrogens with zero attached hydrogens (tertiary/aromatic N) is 1. The summed E-state index contributed by atoms with van der Waals surface area (Å²) in [5.41, 5.74) is 0.136. The molecule has 1 aliphatic rings. The second-order valence-corrected chi connectivity index (χ2v) is 5.54. The molecule has 1 atom stereocenters. The molecule has 1 saturated heterocycles. The molecule has 20 heavy (non-hydrogen) atoms. The van der Waals surface area contributed by atoms with Crippen molar-refractivity contribution in [1.82, 2.24) is 10.2 Å². The lowest BCUT2D eigenvalue weighted by atomic mass is 10.0. The van der Waals surface area contributed by atoms with Crippen molar-refractivity contribution in [2.24, 2.45) is 0 Å². The van der Waals surface area contributed by atoms with Gasteiger partial charge in [-0.05, 0) is 38.1 Å². The minimum absolute atomic E-state index is 0.458. The van der Waals surface area contributed by atoms with Crippen molar-refractivity contribution >= 4 is 0 Å². The molecule has 112 valence electrons. The van der Waals surface area contributed by atoms with Gasteiger partial charge in [0.25, 0.3) is 0 Å². The van der Waals surface area contributed by atoms with Crippen LogP contribution in [0.4, 0.5) is 13.2 Å². The molecule has 1 fully saturated rings.